The zero-order valence-corrected chi connectivity index (χ0v) is 7.74. The second kappa shape index (κ2) is 3.64. The van der Waals surface area contributed by atoms with Crippen LogP contribution in [-0.2, 0) is 9.53 Å². The van der Waals surface area contributed by atoms with E-state index in [1.54, 1.807) is 0 Å². The minimum absolute atomic E-state index is 0.0365. The van der Waals surface area contributed by atoms with Crippen molar-refractivity contribution in [3.63, 3.8) is 0 Å². The van der Waals surface area contributed by atoms with E-state index in [0.717, 1.165) is 19.4 Å². The largest absolute Gasteiger partial charge is 0.379 e. The number of carbonyl (C=O) groups is 1. The Bertz CT molecular complexity index is 202. The highest BCUT2D eigenvalue weighted by Gasteiger charge is 2.33. The molecule has 2 aliphatic rings. The fraction of sp³-hybridized carbons (Fsp3) is 0.889. The van der Waals surface area contributed by atoms with Gasteiger partial charge in [0, 0.05) is 25.6 Å². The van der Waals surface area contributed by atoms with Crippen molar-refractivity contribution < 1.29 is 9.53 Å². The molecule has 74 valence electrons. The van der Waals surface area contributed by atoms with Gasteiger partial charge in [-0.3, -0.25) is 4.79 Å². The predicted octanol–water partition coefficient (Wildman–Crippen LogP) is -0.275. The van der Waals surface area contributed by atoms with Crippen LogP contribution in [0.5, 0.6) is 0 Å². The van der Waals surface area contributed by atoms with Crippen LogP contribution in [0, 0.1) is 0 Å². The zero-order valence-electron chi connectivity index (χ0n) is 7.74. The van der Waals surface area contributed by atoms with Crippen LogP contribution < -0.4 is 5.73 Å². The summed E-state index contributed by atoms with van der Waals surface area (Å²) in [7, 11) is 0. The average Bonchev–Trinajstić information content (AvgIpc) is 2.47. The molecule has 0 radical (unpaired) electrons. The minimum atomic E-state index is 0.0365. The number of hydrogen-bond donors (Lipinski definition) is 1. The molecule has 2 aliphatic heterocycles. The van der Waals surface area contributed by atoms with Gasteiger partial charge in [0.2, 0.25) is 5.91 Å². The first-order valence-electron chi connectivity index (χ1n) is 4.90. The molecule has 0 aromatic carbocycles. The molecule has 0 bridgehead atoms. The number of hydrogen-bond acceptors (Lipinski definition) is 3. The summed E-state index contributed by atoms with van der Waals surface area (Å²) < 4.78 is 5.34. The molecule has 0 aliphatic carbocycles. The first-order chi connectivity index (χ1) is 6.27. The van der Waals surface area contributed by atoms with Crippen molar-refractivity contribution in [3.05, 3.63) is 0 Å². The zero-order chi connectivity index (χ0) is 9.26. The Morgan fingerprint density at radius 1 is 1.54 bits per heavy atom. The molecule has 2 saturated heterocycles. The van der Waals surface area contributed by atoms with Gasteiger partial charge in [-0.05, 0) is 12.8 Å². The van der Waals surface area contributed by atoms with Gasteiger partial charge in [0.15, 0.2) is 0 Å². The monoisotopic (exact) mass is 184 g/mol. The van der Waals surface area contributed by atoms with E-state index in [0.29, 0.717) is 19.6 Å². The summed E-state index contributed by atoms with van der Waals surface area (Å²) in [6.07, 6.45) is 2.64. The first kappa shape index (κ1) is 8.97. The molecule has 1 amide bonds. The third kappa shape index (κ3) is 1.84. The topological polar surface area (TPSA) is 55.6 Å². The van der Waals surface area contributed by atoms with Crippen LogP contribution in [-0.4, -0.2) is 42.6 Å². The molecule has 2 atom stereocenters. The average molecular weight is 184 g/mol. The summed E-state index contributed by atoms with van der Waals surface area (Å²) in [4.78, 5) is 13.4. The Labute approximate surface area is 78.0 Å². The van der Waals surface area contributed by atoms with E-state index >= 15 is 0 Å². The molecular weight excluding hydrogens is 168 g/mol. The SMILES string of the molecule is NC1CC(=O)N(C2CCCOC2)C1. The molecule has 0 spiro atoms. The molecule has 2 N–H and O–H groups in total. The smallest absolute Gasteiger partial charge is 0.224 e. The lowest BCUT2D eigenvalue weighted by molar-refractivity contribution is -0.132. The third-order valence-electron chi connectivity index (χ3n) is 2.77. The number of nitrogens with zero attached hydrogens (tertiary/aromatic N) is 1. The van der Waals surface area contributed by atoms with Crippen LogP contribution in [0.25, 0.3) is 0 Å². The molecule has 4 nitrogen and oxygen atoms in total. The van der Waals surface area contributed by atoms with E-state index in [2.05, 4.69) is 0 Å². The highest BCUT2D eigenvalue weighted by atomic mass is 16.5. The number of ether oxygens (including phenoxy) is 1. The Kier molecular flexibility index (Phi) is 2.51. The minimum Gasteiger partial charge on any atom is -0.379 e. The Morgan fingerprint density at radius 2 is 2.38 bits per heavy atom. The van der Waals surface area contributed by atoms with E-state index < -0.39 is 0 Å². The molecule has 13 heavy (non-hydrogen) atoms. The molecule has 0 aromatic heterocycles. The van der Waals surface area contributed by atoms with Crippen molar-refractivity contribution in [1.82, 2.24) is 4.90 Å². The summed E-state index contributed by atoms with van der Waals surface area (Å²) in [6, 6.07) is 0.323. The Hall–Kier alpha value is -0.610. The Balaban J connectivity index is 1.95. The summed E-state index contributed by atoms with van der Waals surface area (Å²) in [6.45, 7) is 2.25. The summed E-state index contributed by atoms with van der Waals surface area (Å²) in [5.41, 5.74) is 5.72. The quantitative estimate of drug-likeness (QED) is 0.610. The van der Waals surface area contributed by atoms with E-state index in [1.165, 1.54) is 0 Å². The lowest BCUT2D eigenvalue weighted by Gasteiger charge is -2.30. The van der Waals surface area contributed by atoms with E-state index in [1.807, 2.05) is 4.90 Å². The third-order valence-corrected chi connectivity index (χ3v) is 2.77. The molecule has 2 rings (SSSR count). The van der Waals surface area contributed by atoms with Crippen LogP contribution in [0.3, 0.4) is 0 Å². The Morgan fingerprint density at radius 3 is 2.92 bits per heavy atom. The second-order valence-corrected chi connectivity index (χ2v) is 3.88. The van der Waals surface area contributed by atoms with Crippen LogP contribution in [0.4, 0.5) is 0 Å². The molecule has 0 saturated carbocycles. The summed E-state index contributed by atoms with van der Waals surface area (Å²) >= 11 is 0. The maximum atomic E-state index is 11.5. The van der Waals surface area contributed by atoms with Crippen LogP contribution in [0.1, 0.15) is 19.3 Å². The number of amides is 1. The molecule has 2 fully saturated rings. The molecule has 2 heterocycles. The van der Waals surface area contributed by atoms with Gasteiger partial charge in [0.25, 0.3) is 0 Å². The van der Waals surface area contributed by atoms with Gasteiger partial charge in [0.1, 0.15) is 0 Å². The van der Waals surface area contributed by atoms with Crippen molar-refractivity contribution in [1.29, 1.82) is 0 Å². The predicted molar refractivity (Wildman–Crippen MR) is 48.1 cm³/mol. The van der Waals surface area contributed by atoms with Crippen molar-refractivity contribution in [2.75, 3.05) is 19.8 Å². The van der Waals surface area contributed by atoms with Gasteiger partial charge in [-0.2, -0.15) is 0 Å². The number of carbonyl (C=O) groups excluding carboxylic acids is 1. The van der Waals surface area contributed by atoms with Gasteiger partial charge >= 0.3 is 0 Å². The van der Waals surface area contributed by atoms with Gasteiger partial charge in [0.05, 0.1) is 12.6 Å². The van der Waals surface area contributed by atoms with E-state index in [9.17, 15) is 4.79 Å². The lowest BCUT2D eigenvalue weighted by atomic mass is 10.1. The maximum absolute atomic E-state index is 11.5. The molecular formula is C9H16N2O2. The second-order valence-electron chi connectivity index (χ2n) is 3.88. The van der Waals surface area contributed by atoms with Crippen LogP contribution >= 0.6 is 0 Å². The lowest BCUT2D eigenvalue weighted by Crippen LogP contribution is -2.42. The fourth-order valence-corrected chi connectivity index (χ4v) is 2.08. The molecule has 4 heteroatoms. The van der Waals surface area contributed by atoms with Crippen LogP contribution in [0.2, 0.25) is 0 Å². The standard InChI is InChI=1S/C9H16N2O2/c10-7-4-9(12)11(5-7)8-2-1-3-13-6-8/h7-8H,1-6,10H2. The number of rotatable bonds is 1. The van der Waals surface area contributed by atoms with Gasteiger partial charge in [-0.15, -0.1) is 0 Å². The number of nitrogens with two attached hydrogens (primary N) is 1. The van der Waals surface area contributed by atoms with Crippen LogP contribution in [0.15, 0.2) is 0 Å². The molecule has 2 unspecified atom stereocenters. The summed E-state index contributed by atoms with van der Waals surface area (Å²) in [5.74, 6) is 0.197. The van der Waals surface area contributed by atoms with Gasteiger partial charge in [-0.25, -0.2) is 0 Å². The normalized spacial score (nSPS) is 35.5. The van der Waals surface area contributed by atoms with Crippen molar-refractivity contribution in [3.8, 4) is 0 Å². The fourth-order valence-electron chi connectivity index (χ4n) is 2.08. The van der Waals surface area contributed by atoms with Crippen molar-refractivity contribution in [2.24, 2.45) is 5.73 Å². The first-order valence-corrected chi connectivity index (χ1v) is 4.90. The van der Waals surface area contributed by atoms with Crippen molar-refractivity contribution in [2.45, 2.75) is 31.3 Å². The van der Waals surface area contributed by atoms with Gasteiger partial charge < -0.3 is 15.4 Å². The highest BCUT2D eigenvalue weighted by molar-refractivity contribution is 5.79. The highest BCUT2D eigenvalue weighted by Crippen LogP contribution is 2.19. The maximum Gasteiger partial charge on any atom is 0.224 e. The van der Waals surface area contributed by atoms with E-state index in [4.69, 9.17) is 10.5 Å². The molecule has 0 aromatic rings. The van der Waals surface area contributed by atoms with Crippen molar-refractivity contribution >= 4 is 5.91 Å². The van der Waals surface area contributed by atoms with E-state index in [-0.39, 0.29) is 18.0 Å². The summed E-state index contributed by atoms with van der Waals surface area (Å²) in [5, 5.41) is 0. The number of likely N-dealkylation sites (tertiary alicyclic amines) is 1. The van der Waals surface area contributed by atoms with Gasteiger partial charge in [-0.1, -0.05) is 0 Å².